The highest BCUT2D eigenvalue weighted by atomic mass is 127. The average Bonchev–Trinajstić information content (AvgIpc) is 2.47. The minimum absolute atomic E-state index is 0.0104. The number of carboxylic acids is 1. The number of alkyl halides is 1. The Bertz CT molecular complexity index is 485. The lowest BCUT2D eigenvalue weighted by molar-refractivity contribution is 0.0693. The number of unbranched alkanes of at least 4 members (excludes halogenated alkanes) is 6. The zero-order valence-electron chi connectivity index (χ0n) is 13.6. The normalized spacial score (nSPS) is 12.3. The van der Waals surface area contributed by atoms with Gasteiger partial charge in [0.15, 0.2) is 0 Å². The molecule has 0 fully saturated rings. The minimum atomic E-state index is -1.07. The van der Waals surface area contributed by atoms with E-state index in [2.05, 4.69) is 29.5 Å². The number of aryl methyl sites for hydroxylation is 1. The second-order valence-electron chi connectivity index (χ2n) is 5.93. The molecule has 0 amide bonds. The van der Waals surface area contributed by atoms with Crippen molar-refractivity contribution in [1.82, 2.24) is 0 Å². The molecule has 22 heavy (non-hydrogen) atoms. The monoisotopic (exact) mass is 418 g/mol. The molecule has 1 aromatic rings. The minimum Gasteiger partial charge on any atom is -0.507 e. The van der Waals surface area contributed by atoms with Crippen LogP contribution in [-0.2, 0) is 0 Å². The van der Waals surface area contributed by atoms with E-state index in [1.165, 1.54) is 44.6 Å². The van der Waals surface area contributed by atoms with Crippen molar-refractivity contribution in [2.75, 3.05) is 0 Å². The number of hydrogen-bond acceptors (Lipinski definition) is 2. The predicted molar refractivity (Wildman–Crippen MR) is 99.2 cm³/mol. The van der Waals surface area contributed by atoms with Gasteiger partial charge >= 0.3 is 5.97 Å². The van der Waals surface area contributed by atoms with Gasteiger partial charge in [-0.05, 0) is 25.0 Å². The molecule has 1 rings (SSSR count). The van der Waals surface area contributed by atoms with E-state index in [1.54, 1.807) is 0 Å². The quantitative estimate of drug-likeness (QED) is 0.278. The summed E-state index contributed by atoms with van der Waals surface area (Å²) in [5.74, 6) is -1.14. The number of aromatic carboxylic acids is 1. The molecule has 0 bridgehead atoms. The van der Waals surface area contributed by atoms with Crippen molar-refractivity contribution in [1.29, 1.82) is 0 Å². The maximum Gasteiger partial charge on any atom is 0.339 e. The maximum absolute atomic E-state index is 11.2. The molecule has 0 radical (unpaired) electrons. The van der Waals surface area contributed by atoms with Gasteiger partial charge in [0.2, 0.25) is 0 Å². The number of rotatable bonds is 10. The van der Waals surface area contributed by atoms with E-state index in [1.807, 2.05) is 13.0 Å². The van der Waals surface area contributed by atoms with Crippen molar-refractivity contribution in [2.45, 2.75) is 69.1 Å². The van der Waals surface area contributed by atoms with E-state index in [4.69, 9.17) is 5.11 Å². The number of aromatic hydroxyl groups is 1. The van der Waals surface area contributed by atoms with E-state index in [9.17, 15) is 9.90 Å². The molecule has 0 aliphatic rings. The van der Waals surface area contributed by atoms with Gasteiger partial charge in [-0.15, -0.1) is 0 Å². The molecule has 0 saturated heterocycles. The van der Waals surface area contributed by atoms with Gasteiger partial charge in [-0.1, -0.05) is 80.5 Å². The second-order valence-corrected chi connectivity index (χ2v) is 7.44. The van der Waals surface area contributed by atoms with Gasteiger partial charge in [0, 0.05) is 9.49 Å². The molecule has 124 valence electrons. The highest BCUT2D eigenvalue weighted by Crippen LogP contribution is 2.37. The molecule has 1 atom stereocenters. The van der Waals surface area contributed by atoms with Gasteiger partial charge in [0.05, 0.1) is 0 Å². The summed E-state index contributed by atoms with van der Waals surface area (Å²) >= 11 is 2.31. The van der Waals surface area contributed by atoms with Crippen LogP contribution in [0.3, 0.4) is 0 Å². The number of carboxylic acid groups (broad SMARTS) is 1. The summed E-state index contributed by atoms with van der Waals surface area (Å²) in [4.78, 5) is 11.2. The number of halogens is 1. The van der Waals surface area contributed by atoms with Crippen LogP contribution in [0.2, 0.25) is 0 Å². The third-order valence-electron chi connectivity index (χ3n) is 3.91. The van der Waals surface area contributed by atoms with Gasteiger partial charge in [0.1, 0.15) is 11.3 Å². The molecule has 1 unspecified atom stereocenters. The molecule has 0 saturated carbocycles. The summed E-state index contributed by atoms with van der Waals surface area (Å²) in [6, 6.07) is 3.43. The Labute approximate surface area is 147 Å². The standard InChI is InChI=1S/C18H27IO3/c1-3-4-5-6-7-8-9-10-16(19)14-11-13(2)12-15(17(14)20)18(21)22/h11-12,16,20H,3-10H2,1-2H3,(H,21,22). The third-order valence-corrected chi connectivity index (χ3v) is 5.21. The molecular formula is C18H27IO3. The van der Waals surface area contributed by atoms with Crippen molar-refractivity contribution < 1.29 is 15.0 Å². The van der Waals surface area contributed by atoms with Crippen LogP contribution in [0.25, 0.3) is 0 Å². The molecule has 1 aromatic carbocycles. The van der Waals surface area contributed by atoms with Gasteiger partial charge in [-0.25, -0.2) is 4.79 Å². The lowest BCUT2D eigenvalue weighted by Crippen LogP contribution is -2.02. The van der Waals surface area contributed by atoms with Crippen LogP contribution in [0.1, 0.15) is 83.7 Å². The van der Waals surface area contributed by atoms with Crippen LogP contribution in [0.5, 0.6) is 5.75 Å². The first-order chi connectivity index (χ1) is 10.5. The smallest absolute Gasteiger partial charge is 0.339 e. The molecule has 0 spiro atoms. The zero-order valence-corrected chi connectivity index (χ0v) is 15.7. The summed E-state index contributed by atoms with van der Waals surface area (Å²) < 4.78 is 0.159. The summed E-state index contributed by atoms with van der Waals surface area (Å²) in [5, 5.41) is 19.3. The topological polar surface area (TPSA) is 57.5 Å². The molecule has 0 aliphatic heterocycles. The Morgan fingerprint density at radius 2 is 1.73 bits per heavy atom. The van der Waals surface area contributed by atoms with E-state index < -0.39 is 5.97 Å². The molecule has 0 aromatic heterocycles. The van der Waals surface area contributed by atoms with Crippen LogP contribution in [-0.4, -0.2) is 16.2 Å². The summed E-state index contributed by atoms with van der Waals surface area (Å²) in [7, 11) is 0. The van der Waals surface area contributed by atoms with E-state index in [0.29, 0.717) is 0 Å². The Kier molecular flexibility index (Phi) is 8.83. The van der Waals surface area contributed by atoms with Crippen molar-refractivity contribution in [3.63, 3.8) is 0 Å². The molecule has 4 heteroatoms. The van der Waals surface area contributed by atoms with Crippen LogP contribution < -0.4 is 0 Å². The Balaban J connectivity index is 2.52. The van der Waals surface area contributed by atoms with Gasteiger partial charge < -0.3 is 10.2 Å². The SMILES string of the molecule is CCCCCCCCCC(I)c1cc(C)cc(C(=O)O)c1O. The van der Waals surface area contributed by atoms with E-state index in [-0.39, 0.29) is 15.2 Å². The van der Waals surface area contributed by atoms with Crippen molar-refractivity contribution in [3.8, 4) is 5.75 Å². The maximum atomic E-state index is 11.2. The molecule has 2 N–H and O–H groups in total. The highest BCUT2D eigenvalue weighted by molar-refractivity contribution is 14.1. The first-order valence-corrected chi connectivity index (χ1v) is 9.42. The zero-order chi connectivity index (χ0) is 16.5. The van der Waals surface area contributed by atoms with E-state index >= 15 is 0 Å². The van der Waals surface area contributed by atoms with Crippen molar-refractivity contribution >= 4 is 28.6 Å². The fourth-order valence-electron chi connectivity index (χ4n) is 2.64. The first-order valence-electron chi connectivity index (χ1n) is 8.18. The second kappa shape index (κ2) is 10.1. The van der Waals surface area contributed by atoms with Crippen LogP contribution >= 0.6 is 22.6 Å². The summed E-state index contributed by atoms with van der Waals surface area (Å²) in [5.41, 5.74) is 1.65. The Morgan fingerprint density at radius 1 is 1.14 bits per heavy atom. The van der Waals surface area contributed by atoms with Gasteiger partial charge in [-0.2, -0.15) is 0 Å². The number of phenols is 1. The number of benzene rings is 1. The van der Waals surface area contributed by atoms with Crippen LogP contribution in [0, 0.1) is 6.92 Å². The molecule has 3 nitrogen and oxygen atoms in total. The molecular weight excluding hydrogens is 391 g/mol. The van der Waals surface area contributed by atoms with Crippen LogP contribution in [0.4, 0.5) is 0 Å². The third kappa shape index (κ3) is 6.15. The van der Waals surface area contributed by atoms with Crippen molar-refractivity contribution in [3.05, 3.63) is 28.8 Å². The lowest BCUT2D eigenvalue weighted by Gasteiger charge is -2.14. The Morgan fingerprint density at radius 3 is 2.32 bits per heavy atom. The lowest BCUT2D eigenvalue weighted by atomic mass is 9.99. The summed E-state index contributed by atoms with van der Waals surface area (Å²) in [6.07, 6.45) is 9.80. The average molecular weight is 418 g/mol. The Hall–Kier alpha value is -0.780. The van der Waals surface area contributed by atoms with Crippen LogP contribution in [0.15, 0.2) is 12.1 Å². The fourth-order valence-corrected chi connectivity index (χ4v) is 3.56. The summed E-state index contributed by atoms with van der Waals surface area (Å²) in [6.45, 7) is 4.09. The molecule has 0 heterocycles. The number of carbonyl (C=O) groups is 1. The van der Waals surface area contributed by atoms with Crippen molar-refractivity contribution in [2.24, 2.45) is 0 Å². The van der Waals surface area contributed by atoms with E-state index in [0.717, 1.165) is 24.0 Å². The van der Waals surface area contributed by atoms with Gasteiger partial charge in [-0.3, -0.25) is 0 Å². The predicted octanol–water partition coefficient (Wildman–Crippen LogP) is 6.02. The molecule has 0 aliphatic carbocycles. The largest absolute Gasteiger partial charge is 0.507 e. The fraction of sp³-hybridized carbons (Fsp3) is 0.611. The van der Waals surface area contributed by atoms with Gasteiger partial charge in [0.25, 0.3) is 0 Å². The number of hydrogen-bond donors (Lipinski definition) is 2. The highest BCUT2D eigenvalue weighted by Gasteiger charge is 2.19. The first kappa shape index (κ1) is 19.3.